The summed E-state index contributed by atoms with van der Waals surface area (Å²) < 4.78 is 12.8. The van der Waals surface area contributed by atoms with Crippen molar-refractivity contribution in [3.05, 3.63) is 59.3 Å². The Hall–Kier alpha value is -2.95. The van der Waals surface area contributed by atoms with Crippen molar-refractivity contribution >= 4 is 16.9 Å². The third-order valence-corrected chi connectivity index (χ3v) is 4.12. The number of ether oxygens (including phenoxy) is 2. The summed E-state index contributed by atoms with van der Waals surface area (Å²) in [4.78, 5) is 11.2. The number of carboxylic acid groups (broad SMARTS) is 1. The normalized spacial score (nSPS) is 12.7. The van der Waals surface area contributed by atoms with E-state index in [1.54, 1.807) is 12.1 Å². The highest BCUT2D eigenvalue weighted by molar-refractivity contribution is 5.94. The van der Waals surface area contributed by atoms with Crippen LogP contribution in [0.1, 0.15) is 21.5 Å². The maximum atomic E-state index is 11.2. The van der Waals surface area contributed by atoms with E-state index in [0.717, 1.165) is 33.5 Å². The molecule has 0 aliphatic carbocycles. The van der Waals surface area contributed by atoms with Gasteiger partial charge in [-0.1, -0.05) is 12.1 Å². The second kappa shape index (κ2) is 5.05. The van der Waals surface area contributed by atoms with E-state index in [0.29, 0.717) is 12.1 Å². The zero-order valence-corrected chi connectivity index (χ0v) is 12.6. The fourth-order valence-electron chi connectivity index (χ4n) is 2.98. The van der Waals surface area contributed by atoms with Gasteiger partial charge in [-0.25, -0.2) is 4.79 Å². The van der Waals surface area contributed by atoms with Gasteiger partial charge < -0.3 is 19.1 Å². The van der Waals surface area contributed by atoms with E-state index in [1.807, 2.05) is 37.4 Å². The summed E-state index contributed by atoms with van der Waals surface area (Å²) >= 11 is 0. The quantitative estimate of drug-likeness (QED) is 0.805. The van der Waals surface area contributed by atoms with Gasteiger partial charge in [0.1, 0.15) is 0 Å². The zero-order chi connectivity index (χ0) is 16.0. The number of aromatic nitrogens is 1. The highest BCUT2D eigenvalue weighted by atomic mass is 16.7. The first-order chi connectivity index (χ1) is 11.1. The summed E-state index contributed by atoms with van der Waals surface area (Å²) in [6.07, 6.45) is 2.04. The average Bonchev–Trinajstić information content (AvgIpc) is 3.12. The Balaban J connectivity index is 1.76. The van der Waals surface area contributed by atoms with Crippen molar-refractivity contribution in [2.45, 2.75) is 13.5 Å². The molecule has 1 aliphatic rings. The minimum absolute atomic E-state index is 0.256. The number of hydrogen-bond acceptors (Lipinski definition) is 3. The average molecular weight is 309 g/mol. The van der Waals surface area contributed by atoms with Crippen molar-refractivity contribution in [1.82, 2.24) is 4.57 Å². The molecule has 3 aromatic rings. The van der Waals surface area contributed by atoms with Crippen molar-refractivity contribution < 1.29 is 19.4 Å². The van der Waals surface area contributed by atoms with Crippen LogP contribution in [0, 0.1) is 6.92 Å². The van der Waals surface area contributed by atoms with Gasteiger partial charge in [-0.15, -0.1) is 0 Å². The predicted molar refractivity (Wildman–Crippen MR) is 85.3 cm³/mol. The molecule has 0 fully saturated rings. The van der Waals surface area contributed by atoms with Crippen LogP contribution in [-0.2, 0) is 6.54 Å². The Morgan fingerprint density at radius 2 is 2.00 bits per heavy atom. The molecule has 116 valence electrons. The maximum absolute atomic E-state index is 11.2. The van der Waals surface area contributed by atoms with Crippen LogP contribution < -0.4 is 9.47 Å². The summed E-state index contributed by atoms with van der Waals surface area (Å²) in [6.45, 7) is 2.93. The highest BCUT2D eigenvalue weighted by Gasteiger charge is 2.14. The minimum atomic E-state index is -0.916. The lowest BCUT2D eigenvalue weighted by molar-refractivity contribution is 0.0697. The molecular weight excluding hydrogens is 294 g/mol. The summed E-state index contributed by atoms with van der Waals surface area (Å²) in [5, 5.41) is 10.3. The Labute approximate surface area is 132 Å². The van der Waals surface area contributed by atoms with Gasteiger partial charge in [-0.3, -0.25) is 0 Å². The molecule has 2 aromatic carbocycles. The Bertz CT molecular complexity index is 926. The molecule has 23 heavy (non-hydrogen) atoms. The third kappa shape index (κ3) is 2.30. The summed E-state index contributed by atoms with van der Waals surface area (Å²) in [7, 11) is 0. The molecule has 1 aromatic heterocycles. The van der Waals surface area contributed by atoms with E-state index in [-0.39, 0.29) is 6.79 Å². The van der Waals surface area contributed by atoms with Crippen molar-refractivity contribution in [2.24, 2.45) is 0 Å². The van der Waals surface area contributed by atoms with Gasteiger partial charge in [-0.05, 0) is 42.3 Å². The number of aryl methyl sites for hydroxylation is 1. The van der Waals surface area contributed by atoms with Crippen LogP contribution in [-0.4, -0.2) is 22.4 Å². The Morgan fingerprint density at radius 1 is 1.17 bits per heavy atom. The maximum Gasteiger partial charge on any atom is 0.335 e. The molecule has 5 nitrogen and oxygen atoms in total. The van der Waals surface area contributed by atoms with Crippen LogP contribution in [0.15, 0.2) is 42.6 Å². The lowest BCUT2D eigenvalue weighted by Crippen LogP contribution is -2.00. The van der Waals surface area contributed by atoms with Crippen molar-refractivity contribution in [1.29, 1.82) is 0 Å². The van der Waals surface area contributed by atoms with E-state index in [4.69, 9.17) is 9.47 Å². The first-order valence-electron chi connectivity index (χ1n) is 7.33. The minimum Gasteiger partial charge on any atom is -0.478 e. The first-order valence-corrected chi connectivity index (χ1v) is 7.33. The van der Waals surface area contributed by atoms with E-state index < -0.39 is 5.97 Å². The van der Waals surface area contributed by atoms with Gasteiger partial charge in [0.25, 0.3) is 0 Å². The van der Waals surface area contributed by atoms with Crippen LogP contribution in [0.3, 0.4) is 0 Å². The molecule has 4 rings (SSSR count). The molecule has 0 amide bonds. The fourth-order valence-corrected chi connectivity index (χ4v) is 2.98. The predicted octanol–water partition coefficient (Wildman–Crippen LogP) is 3.42. The number of fused-ring (bicyclic) bond motifs is 2. The molecule has 0 spiro atoms. The number of nitrogens with zero attached hydrogens (tertiary/aromatic N) is 1. The summed E-state index contributed by atoms with van der Waals surface area (Å²) in [6, 6.07) is 11.1. The van der Waals surface area contributed by atoms with Gasteiger partial charge >= 0.3 is 5.97 Å². The molecule has 0 atom stereocenters. The lowest BCUT2D eigenvalue weighted by Gasteiger charge is -2.07. The molecule has 2 heterocycles. The van der Waals surface area contributed by atoms with Gasteiger partial charge in [-0.2, -0.15) is 0 Å². The second-order valence-electron chi connectivity index (χ2n) is 5.66. The van der Waals surface area contributed by atoms with Crippen LogP contribution >= 0.6 is 0 Å². The van der Waals surface area contributed by atoms with E-state index in [9.17, 15) is 9.90 Å². The molecule has 5 heteroatoms. The number of hydrogen-bond donors (Lipinski definition) is 1. The largest absolute Gasteiger partial charge is 0.478 e. The summed E-state index contributed by atoms with van der Waals surface area (Å²) in [5.74, 6) is 0.595. The fraction of sp³-hybridized carbons (Fsp3) is 0.167. The topological polar surface area (TPSA) is 60.7 Å². The van der Waals surface area contributed by atoms with E-state index in [2.05, 4.69) is 4.57 Å². The lowest BCUT2D eigenvalue weighted by atomic mass is 10.1. The second-order valence-corrected chi connectivity index (χ2v) is 5.66. The Morgan fingerprint density at radius 3 is 2.83 bits per heavy atom. The van der Waals surface area contributed by atoms with Gasteiger partial charge in [0, 0.05) is 23.6 Å². The number of benzene rings is 2. The molecule has 0 unspecified atom stereocenters. The molecular formula is C18H15NO4. The monoisotopic (exact) mass is 309 g/mol. The molecule has 1 aliphatic heterocycles. The third-order valence-electron chi connectivity index (χ3n) is 4.12. The van der Waals surface area contributed by atoms with Crippen molar-refractivity contribution in [2.75, 3.05) is 6.79 Å². The van der Waals surface area contributed by atoms with Crippen molar-refractivity contribution in [3.8, 4) is 11.5 Å². The standard InChI is InChI=1S/C18H15NO4/c1-11-8-19(15-7-13(18(20)21)3-4-14(11)15)9-12-2-5-16-17(6-12)23-10-22-16/h2-8H,9-10H2,1H3,(H,20,21). The van der Waals surface area contributed by atoms with Gasteiger partial charge in [0.05, 0.1) is 5.56 Å². The molecule has 1 N–H and O–H groups in total. The molecule has 0 bridgehead atoms. The summed E-state index contributed by atoms with van der Waals surface area (Å²) in [5.41, 5.74) is 3.41. The number of aromatic carboxylic acids is 1. The Kier molecular flexibility index (Phi) is 3.01. The SMILES string of the molecule is Cc1cn(Cc2ccc3c(c2)OCO3)c2cc(C(=O)O)ccc12. The first kappa shape index (κ1) is 13.7. The number of carboxylic acids is 1. The number of carbonyl (C=O) groups is 1. The van der Waals surface area contributed by atoms with E-state index >= 15 is 0 Å². The van der Waals surface area contributed by atoms with Crippen LogP contribution in [0.5, 0.6) is 11.5 Å². The number of rotatable bonds is 3. The zero-order valence-electron chi connectivity index (χ0n) is 12.6. The highest BCUT2D eigenvalue weighted by Crippen LogP contribution is 2.33. The van der Waals surface area contributed by atoms with Crippen molar-refractivity contribution in [3.63, 3.8) is 0 Å². The van der Waals surface area contributed by atoms with Gasteiger partial charge in [0.15, 0.2) is 11.5 Å². The van der Waals surface area contributed by atoms with E-state index in [1.165, 1.54) is 0 Å². The molecule has 0 saturated carbocycles. The van der Waals surface area contributed by atoms with Gasteiger partial charge in [0.2, 0.25) is 6.79 Å². The smallest absolute Gasteiger partial charge is 0.335 e. The van der Waals surface area contributed by atoms with Crippen LogP contribution in [0.25, 0.3) is 10.9 Å². The van der Waals surface area contributed by atoms with Crippen LogP contribution in [0.4, 0.5) is 0 Å². The molecule has 0 radical (unpaired) electrons. The molecule has 0 saturated heterocycles. The van der Waals surface area contributed by atoms with Crippen LogP contribution in [0.2, 0.25) is 0 Å².